The van der Waals surface area contributed by atoms with Crippen LogP contribution in [0.3, 0.4) is 0 Å². The van der Waals surface area contributed by atoms with Crippen molar-refractivity contribution in [3.63, 3.8) is 0 Å². The highest BCUT2D eigenvalue weighted by Gasteiger charge is 2.26. The van der Waals surface area contributed by atoms with Crippen LogP contribution in [-0.2, 0) is 26.7 Å². The van der Waals surface area contributed by atoms with Gasteiger partial charge in [-0.15, -0.1) is 0 Å². The number of rotatable bonds is 5. The number of amides is 1. The summed E-state index contributed by atoms with van der Waals surface area (Å²) >= 11 is 0. The van der Waals surface area contributed by atoms with Crippen molar-refractivity contribution in [3.8, 4) is 0 Å². The minimum atomic E-state index is -3.71. The summed E-state index contributed by atoms with van der Waals surface area (Å²) in [6.45, 7) is 3.93. The third kappa shape index (κ3) is 3.72. The molecule has 2 aromatic rings. The number of halogens is 1. The molecule has 0 atom stereocenters. The van der Waals surface area contributed by atoms with E-state index in [4.69, 9.17) is 0 Å². The van der Waals surface area contributed by atoms with Crippen LogP contribution in [0.25, 0.3) is 0 Å². The Kier molecular flexibility index (Phi) is 4.38. The van der Waals surface area contributed by atoms with E-state index in [1.165, 1.54) is 24.3 Å². The fraction of sp³-hybridized carbons (Fsp3) is 0.278. The molecule has 2 aromatic carbocycles. The van der Waals surface area contributed by atoms with Crippen LogP contribution >= 0.6 is 0 Å². The summed E-state index contributed by atoms with van der Waals surface area (Å²) in [5, 5.41) is 2.67. The SMILES string of the molecule is CC(C)(CNS(=O)(=O)c1ccc2c(c1)CC(=O)N2)c1ccc(F)cc1. The zero-order valence-corrected chi connectivity index (χ0v) is 14.8. The Balaban J connectivity index is 1.77. The second-order valence-corrected chi connectivity index (χ2v) is 8.53. The van der Waals surface area contributed by atoms with Crippen molar-refractivity contribution in [1.82, 2.24) is 4.72 Å². The van der Waals surface area contributed by atoms with Crippen LogP contribution in [0.4, 0.5) is 10.1 Å². The van der Waals surface area contributed by atoms with Crippen LogP contribution in [0.5, 0.6) is 0 Å². The molecule has 0 unspecified atom stereocenters. The van der Waals surface area contributed by atoms with E-state index >= 15 is 0 Å². The Labute approximate surface area is 146 Å². The summed E-state index contributed by atoms with van der Waals surface area (Å²) in [6, 6.07) is 10.6. The molecule has 132 valence electrons. The van der Waals surface area contributed by atoms with Gasteiger partial charge in [0.15, 0.2) is 0 Å². The van der Waals surface area contributed by atoms with Crippen molar-refractivity contribution in [2.45, 2.75) is 30.6 Å². The minimum absolute atomic E-state index is 0.123. The standard InChI is InChI=1S/C18H19FN2O3S/c1-18(2,13-3-5-14(19)6-4-13)11-20-25(23,24)15-7-8-16-12(9-15)10-17(22)21-16/h3-9,20H,10-11H2,1-2H3,(H,21,22). The lowest BCUT2D eigenvalue weighted by Crippen LogP contribution is -2.36. The number of hydrogen-bond donors (Lipinski definition) is 2. The summed E-state index contributed by atoms with van der Waals surface area (Å²) in [5.41, 5.74) is 1.65. The number of nitrogens with one attached hydrogen (secondary N) is 2. The largest absolute Gasteiger partial charge is 0.326 e. The average Bonchev–Trinajstić information content (AvgIpc) is 2.93. The van der Waals surface area contributed by atoms with Crippen LogP contribution in [-0.4, -0.2) is 20.9 Å². The molecule has 1 aliphatic heterocycles. The third-order valence-corrected chi connectivity index (χ3v) is 5.74. The van der Waals surface area contributed by atoms with Crippen molar-refractivity contribution < 1.29 is 17.6 Å². The van der Waals surface area contributed by atoms with Crippen LogP contribution in [0.15, 0.2) is 47.4 Å². The minimum Gasteiger partial charge on any atom is -0.326 e. The van der Waals surface area contributed by atoms with Gasteiger partial charge in [-0.1, -0.05) is 26.0 Å². The molecule has 0 radical (unpaired) electrons. The van der Waals surface area contributed by atoms with Gasteiger partial charge >= 0.3 is 0 Å². The molecule has 0 aliphatic carbocycles. The molecule has 0 spiro atoms. The second kappa shape index (κ2) is 6.24. The van der Waals surface area contributed by atoms with Crippen molar-refractivity contribution in [2.24, 2.45) is 0 Å². The Morgan fingerprint density at radius 2 is 1.84 bits per heavy atom. The van der Waals surface area contributed by atoms with Gasteiger partial charge in [-0.25, -0.2) is 17.5 Å². The van der Waals surface area contributed by atoms with Gasteiger partial charge in [0.2, 0.25) is 15.9 Å². The molecule has 3 rings (SSSR count). The Morgan fingerprint density at radius 1 is 1.16 bits per heavy atom. The summed E-state index contributed by atoms with van der Waals surface area (Å²) in [5.74, 6) is -0.476. The first-order valence-electron chi connectivity index (χ1n) is 7.86. The Morgan fingerprint density at radius 3 is 2.52 bits per heavy atom. The maximum atomic E-state index is 13.1. The van der Waals surface area contributed by atoms with Crippen LogP contribution in [0.1, 0.15) is 25.0 Å². The number of benzene rings is 2. The smallest absolute Gasteiger partial charge is 0.240 e. The molecule has 5 nitrogen and oxygen atoms in total. The fourth-order valence-electron chi connectivity index (χ4n) is 2.73. The van der Waals surface area contributed by atoms with Crippen molar-refractivity contribution in [1.29, 1.82) is 0 Å². The highest BCUT2D eigenvalue weighted by atomic mass is 32.2. The van der Waals surface area contributed by atoms with Gasteiger partial charge in [-0.05, 0) is 41.5 Å². The number of carbonyl (C=O) groups is 1. The summed E-state index contributed by atoms with van der Waals surface area (Å²) in [6.07, 6.45) is 0.180. The van der Waals surface area contributed by atoms with E-state index in [1.807, 2.05) is 13.8 Å². The molecule has 1 heterocycles. The van der Waals surface area contributed by atoms with E-state index in [1.54, 1.807) is 18.2 Å². The van der Waals surface area contributed by atoms with Crippen LogP contribution in [0.2, 0.25) is 0 Å². The lowest BCUT2D eigenvalue weighted by Gasteiger charge is -2.25. The maximum absolute atomic E-state index is 13.1. The van der Waals surface area contributed by atoms with Crippen molar-refractivity contribution in [2.75, 3.05) is 11.9 Å². The Hall–Kier alpha value is -2.25. The number of anilines is 1. The maximum Gasteiger partial charge on any atom is 0.240 e. The molecule has 0 aromatic heterocycles. The average molecular weight is 362 g/mol. The summed E-state index contributed by atoms with van der Waals surface area (Å²) in [7, 11) is -3.71. The molecule has 0 saturated heterocycles. The topological polar surface area (TPSA) is 75.3 Å². The first-order chi connectivity index (χ1) is 11.7. The van der Waals surface area contributed by atoms with Crippen molar-refractivity contribution in [3.05, 3.63) is 59.4 Å². The van der Waals surface area contributed by atoms with E-state index in [2.05, 4.69) is 10.0 Å². The first kappa shape index (κ1) is 17.6. The number of carbonyl (C=O) groups excluding carboxylic acids is 1. The van der Waals surface area contributed by atoms with Gasteiger partial charge < -0.3 is 5.32 Å². The van der Waals surface area contributed by atoms with E-state index in [-0.39, 0.29) is 29.6 Å². The molecule has 25 heavy (non-hydrogen) atoms. The molecule has 0 fully saturated rings. The molecule has 1 amide bonds. The molecule has 0 bridgehead atoms. The van der Waals surface area contributed by atoms with Gasteiger partial charge in [0.1, 0.15) is 5.82 Å². The van der Waals surface area contributed by atoms with E-state index in [9.17, 15) is 17.6 Å². The zero-order chi connectivity index (χ0) is 18.2. The summed E-state index contributed by atoms with van der Waals surface area (Å²) < 4.78 is 40.8. The van der Waals surface area contributed by atoms with Gasteiger partial charge in [-0.2, -0.15) is 0 Å². The molecule has 0 saturated carbocycles. The molecule has 1 aliphatic rings. The van der Waals surface area contributed by atoms with Crippen molar-refractivity contribution >= 4 is 21.6 Å². The van der Waals surface area contributed by atoms with E-state index in [0.717, 1.165) is 5.56 Å². The lowest BCUT2D eigenvalue weighted by molar-refractivity contribution is -0.115. The molecular formula is C18H19FN2O3S. The number of fused-ring (bicyclic) bond motifs is 1. The van der Waals surface area contributed by atoms with Crippen LogP contribution < -0.4 is 10.0 Å². The highest BCUT2D eigenvalue weighted by molar-refractivity contribution is 7.89. The molecule has 7 heteroatoms. The predicted molar refractivity (Wildman–Crippen MR) is 93.4 cm³/mol. The molecule has 2 N–H and O–H groups in total. The normalized spacial score (nSPS) is 14.3. The van der Waals surface area contributed by atoms with E-state index in [0.29, 0.717) is 11.3 Å². The predicted octanol–water partition coefficient (Wildman–Crippen LogP) is 2.58. The van der Waals surface area contributed by atoms with Gasteiger partial charge in [0.05, 0.1) is 11.3 Å². The number of sulfonamides is 1. The number of hydrogen-bond acceptors (Lipinski definition) is 3. The van der Waals surface area contributed by atoms with Crippen LogP contribution in [0, 0.1) is 5.82 Å². The van der Waals surface area contributed by atoms with E-state index < -0.39 is 15.4 Å². The summed E-state index contributed by atoms with van der Waals surface area (Å²) in [4.78, 5) is 11.5. The first-order valence-corrected chi connectivity index (χ1v) is 9.34. The van der Waals surface area contributed by atoms with Gasteiger partial charge in [0.25, 0.3) is 0 Å². The molecular weight excluding hydrogens is 343 g/mol. The quantitative estimate of drug-likeness (QED) is 0.858. The van der Waals surface area contributed by atoms with Gasteiger partial charge in [0, 0.05) is 17.6 Å². The zero-order valence-electron chi connectivity index (χ0n) is 14.0. The lowest BCUT2D eigenvalue weighted by atomic mass is 9.85. The Bertz CT molecular complexity index is 922. The third-order valence-electron chi connectivity index (χ3n) is 4.34. The van der Waals surface area contributed by atoms with Gasteiger partial charge in [-0.3, -0.25) is 4.79 Å². The highest BCUT2D eigenvalue weighted by Crippen LogP contribution is 2.27. The second-order valence-electron chi connectivity index (χ2n) is 6.76. The fourth-order valence-corrected chi connectivity index (χ4v) is 4.00. The monoisotopic (exact) mass is 362 g/mol.